The van der Waals surface area contributed by atoms with Gasteiger partial charge in [-0.1, -0.05) is 60.7 Å². The zero-order chi connectivity index (χ0) is 23.2. The highest BCUT2D eigenvalue weighted by molar-refractivity contribution is 7.13. The van der Waals surface area contributed by atoms with E-state index in [2.05, 4.69) is 55.7 Å². The van der Waals surface area contributed by atoms with E-state index in [0.29, 0.717) is 18.2 Å². The van der Waals surface area contributed by atoms with Crippen molar-refractivity contribution in [3.05, 3.63) is 95.1 Å². The molecular weight excluding hydrogens is 442 g/mol. The number of thiazole rings is 1. The van der Waals surface area contributed by atoms with Crippen LogP contribution in [-0.2, 0) is 13.0 Å². The molecule has 4 aromatic rings. The van der Waals surface area contributed by atoms with Gasteiger partial charge in [0.05, 0.1) is 12.2 Å². The third-order valence-corrected chi connectivity index (χ3v) is 7.13. The zero-order valence-corrected chi connectivity index (χ0v) is 19.7. The maximum atomic E-state index is 12.5. The normalized spacial score (nSPS) is 14.2. The topological polar surface area (TPSA) is 71.0 Å². The van der Waals surface area contributed by atoms with Crippen molar-refractivity contribution in [1.82, 2.24) is 20.5 Å². The summed E-state index contributed by atoms with van der Waals surface area (Å²) in [7, 11) is 0. The molecule has 0 atom stereocenters. The molecule has 1 N–H and O–H groups in total. The fourth-order valence-electron chi connectivity index (χ4n) is 4.29. The summed E-state index contributed by atoms with van der Waals surface area (Å²) in [6.45, 7) is 2.29. The Hall–Kier alpha value is -3.58. The monoisotopic (exact) mass is 469 g/mol. The van der Waals surface area contributed by atoms with Gasteiger partial charge in [0.1, 0.15) is 5.01 Å². The molecule has 1 saturated heterocycles. The molecule has 3 heterocycles. The van der Waals surface area contributed by atoms with E-state index in [-0.39, 0.29) is 5.91 Å². The summed E-state index contributed by atoms with van der Waals surface area (Å²) in [5.41, 5.74) is 3.64. The number of benzene rings is 2. The lowest BCUT2D eigenvalue weighted by Gasteiger charge is -2.32. The molecule has 0 radical (unpaired) electrons. The van der Waals surface area contributed by atoms with Gasteiger partial charge < -0.3 is 10.2 Å². The van der Waals surface area contributed by atoms with E-state index in [9.17, 15) is 4.79 Å². The number of nitrogens with zero attached hydrogens (tertiary/aromatic N) is 4. The fraction of sp³-hybridized carbons (Fsp3) is 0.259. The van der Waals surface area contributed by atoms with E-state index in [1.54, 1.807) is 17.4 Å². The van der Waals surface area contributed by atoms with Gasteiger partial charge in [-0.15, -0.1) is 21.5 Å². The maximum Gasteiger partial charge on any atom is 0.272 e. The standard InChI is InChI=1S/C27H27N5OS/c33-26(28-18-23-19-34-27(29-23)22-9-5-2-6-10-22)24-11-12-25(31-30-24)32-15-13-21(14-16-32)17-20-7-3-1-4-8-20/h1-12,19,21H,13-18H2,(H,28,33). The molecule has 2 aromatic heterocycles. The average Bonchev–Trinajstić information content (AvgIpc) is 3.38. The van der Waals surface area contributed by atoms with Crippen LogP contribution in [0.1, 0.15) is 34.6 Å². The Kier molecular flexibility index (Phi) is 6.91. The highest BCUT2D eigenvalue weighted by Crippen LogP contribution is 2.25. The third-order valence-electron chi connectivity index (χ3n) is 6.19. The van der Waals surface area contributed by atoms with Gasteiger partial charge in [-0.25, -0.2) is 4.98 Å². The molecular formula is C27H27N5OS. The molecule has 1 aliphatic rings. The van der Waals surface area contributed by atoms with Crippen LogP contribution in [0, 0.1) is 5.92 Å². The van der Waals surface area contributed by atoms with E-state index in [1.165, 1.54) is 5.56 Å². The smallest absolute Gasteiger partial charge is 0.272 e. The van der Waals surface area contributed by atoms with Crippen LogP contribution in [0.2, 0.25) is 0 Å². The maximum absolute atomic E-state index is 12.5. The van der Waals surface area contributed by atoms with Crippen molar-refractivity contribution in [3.8, 4) is 10.6 Å². The molecule has 0 spiro atoms. The van der Waals surface area contributed by atoms with Crippen molar-refractivity contribution in [1.29, 1.82) is 0 Å². The Morgan fingerprint density at radius 1 is 0.941 bits per heavy atom. The number of aromatic nitrogens is 3. The van der Waals surface area contributed by atoms with E-state index in [1.807, 2.05) is 41.8 Å². The Balaban J connectivity index is 1.11. The first-order valence-electron chi connectivity index (χ1n) is 11.7. The lowest BCUT2D eigenvalue weighted by atomic mass is 9.90. The van der Waals surface area contributed by atoms with Crippen LogP contribution in [0.3, 0.4) is 0 Å². The highest BCUT2D eigenvalue weighted by atomic mass is 32.1. The molecule has 2 aromatic carbocycles. The lowest BCUT2D eigenvalue weighted by molar-refractivity contribution is 0.0944. The summed E-state index contributed by atoms with van der Waals surface area (Å²) in [6, 6.07) is 24.4. The molecule has 1 aliphatic heterocycles. The summed E-state index contributed by atoms with van der Waals surface area (Å²) >= 11 is 1.57. The predicted molar refractivity (Wildman–Crippen MR) is 136 cm³/mol. The van der Waals surface area contributed by atoms with Crippen LogP contribution >= 0.6 is 11.3 Å². The van der Waals surface area contributed by atoms with Crippen LogP contribution in [-0.4, -0.2) is 34.2 Å². The first-order valence-corrected chi connectivity index (χ1v) is 12.5. The van der Waals surface area contributed by atoms with Crippen molar-refractivity contribution in [2.24, 2.45) is 5.92 Å². The number of hydrogen-bond acceptors (Lipinski definition) is 6. The van der Waals surface area contributed by atoms with E-state index < -0.39 is 0 Å². The van der Waals surface area contributed by atoms with Gasteiger partial charge in [0.15, 0.2) is 11.5 Å². The quantitative estimate of drug-likeness (QED) is 0.413. The molecule has 0 aliphatic carbocycles. The number of carbonyl (C=O) groups is 1. The molecule has 34 heavy (non-hydrogen) atoms. The minimum absolute atomic E-state index is 0.241. The van der Waals surface area contributed by atoms with Gasteiger partial charge in [0.25, 0.3) is 5.91 Å². The fourth-order valence-corrected chi connectivity index (χ4v) is 5.12. The number of amides is 1. The molecule has 1 fully saturated rings. The van der Waals surface area contributed by atoms with Gasteiger partial charge in [-0.2, -0.15) is 0 Å². The summed E-state index contributed by atoms with van der Waals surface area (Å²) in [6.07, 6.45) is 3.40. The van der Waals surface area contributed by atoms with Gasteiger partial charge in [0.2, 0.25) is 0 Å². The molecule has 172 valence electrons. The summed E-state index contributed by atoms with van der Waals surface area (Å²) in [4.78, 5) is 19.4. The number of carbonyl (C=O) groups excluding carboxylic acids is 1. The Bertz CT molecular complexity index is 1200. The second-order valence-electron chi connectivity index (χ2n) is 8.59. The van der Waals surface area contributed by atoms with Crippen LogP contribution in [0.15, 0.2) is 78.2 Å². The van der Waals surface area contributed by atoms with Crippen molar-refractivity contribution < 1.29 is 4.79 Å². The van der Waals surface area contributed by atoms with Crippen molar-refractivity contribution in [3.63, 3.8) is 0 Å². The number of anilines is 1. The molecule has 7 heteroatoms. The first kappa shape index (κ1) is 22.2. The minimum Gasteiger partial charge on any atom is -0.355 e. The van der Waals surface area contributed by atoms with Crippen molar-refractivity contribution >= 4 is 23.1 Å². The number of nitrogens with one attached hydrogen (secondary N) is 1. The Labute approximate surface area is 203 Å². The highest BCUT2D eigenvalue weighted by Gasteiger charge is 2.21. The largest absolute Gasteiger partial charge is 0.355 e. The lowest BCUT2D eigenvalue weighted by Crippen LogP contribution is -2.35. The molecule has 0 bridgehead atoms. The summed E-state index contributed by atoms with van der Waals surface area (Å²) in [5.74, 6) is 1.29. The van der Waals surface area contributed by atoms with Gasteiger partial charge in [0, 0.05) is 24.0 Å². The van der Waals surface area contributed by atoms with E-state index in [0.717, 1.165) is 54.4 Å². The third kappa shape index (κ3) is 5.48. The number of hydrogen-bond donors (Lipinski definition) is 1. The van der Waals surface area contributed by atoms with Crippen molar-refractivity contribution in [2.75, 3.05) is 18.0 Å². The molecule has 0 unspecified atom stereocenters. The van der Waals surface area contributed by atoms with Gasteiger partial charge >= 0.3 is 0 Å². The molecule has 5 rings (SSSR count). The summed E-state index contributed by atoms with van der Waals surface area (Å²) in [5, 5.41) is 14.3. The summed E-state index contributed by atoms with van der Waals surface area (Å²) < 4.78 is 0. The van der Waals surface area contributed by atoms with E-state index in [4.69, 9.17) is 0 Å². The molecule has 6 nitrogen and oxygen atoms in total. The Morgan fingerprint density at radius 3 is 2.38 bits per heavy atom. The van der Waals surface area contributed by atoms with Gasteiger partial charge in [-0.3, -0.25) is 4.79 Å². The van der Waals surface area contributed by atoms with Gasteiger partial charge in [-0.05, 0) is 42.9 Å². The first-order chi connectivity index (χ1) is 16.7. The van der Waals surface area contributed by atoms with Crippen molar-refractivity contribution in [2.45, 2.75) is 25.8 Å². The van der Waals surface area contributed by atoms with Crippen LogP contribution in [0.4, 0.5) is 5.82 Å². The Morgan fingerprint density at radius 2 is 1.68 bits per heavy atom. The van der Waals surface area contributed by atoms with Crippen LogP contribution in [0.5, 0.6) is 0 Å². The van der Waals surface area contributed by atoms with E-state index >= 15 is 0 Å². The second-order valence-corrected chi connectivity index (χ2v) is 9.45. The van der Waals surface area contributed by atoms with Crippen LogP contribution in [0.25, 0.3) is 10.6 Å². The van der Waals surface area contributed by atoms with Crippen LogP contribution < -0.4 is 10.2 Å². The molecule has 0 saturated carbocycles. The second kappa shape index (κ2) is 10.6. The predicted octanol–water partition coefficient (Wildman–Crippen LogP) is 4.99. The number of rotatable bonds is 7. The zero-order valence-electron chi connectivity index (χ0n) is 18.9. The average molecular weight is 470 g/mol. The molecule has 1 amide bonds. The SMILES string of the molecule is O=C(NCc1csc(-c2ccccc2)n1)c1ccc(N2CCC(Cc3ccccc3)CC2)nn1. The minimum atomic E-state index is -0.241. The number of piperidine rings is 1.